The molecular formula is C24H44IN7O. The van der Waals surface area contributed by atoms with Crippen LogP contribution in [0.15, 0.2) is 4.99 Å². The Balaban J connectivity index is 0.00000306. The number of nitrogens with zero attached hydrogens (tertiary/aromatic N) is 5. The number of rotatable bonds is 7. The zero-order chi connectivity index (χ0) is 22.2. The Morgan fingerprint density at radius 3 is 2.42 bits per heavy atom. The van der Waals surface area contributed by atoms with Crippen molar-refractivity contribution in [1.29, 1.82) is 0 Å². The predicted molar refractivity (Wildman–Crippen MR) is 143 cm³/mol. The lowest BCUT2D eigenvalue weighted by Gasteiger charge is -2.42. The fraction of sp³-hybridized carbons (Fsp3) is 0.875. The van der Waals surface area contributed by atoms with E-state index >= 15 is 0 Å². The highest BCUT2D eigenvalue weighted by Gasteiger charge is 2.34. The van der Waals surface area contributed by atoms with E-state index < -0.39 is 0 Å². The average Bonchev–Trinajstić information content (AvgIpc) is 3.15. The predicted octanol–water partition coefficient (Wildman–Crippen LogP) is 3.39. The van der Waals surface area contributed by atoms with Gasteiger partial charge in [0.2, 0.25) is 0 Å². The number of morpholine rings is 1. The maximum absolute atomic E-state index is 5.59. The number of hydrogen-bond donors (Lipinski definition) is 2. The fourth-order valence-electron chi connectivity index (χ4n) is 5.53. The van der Waals surface area contributed by atoms with Crippen LogP contribution in [0.25, 0.3) is 0 Å². The Morgan fingerprint density at radius 2 is 1.76 bits per heavy atom. The van der Waals surface area contributed by atoms with Crippen molar-refractivity contribution in [2.24, 2.45) is 17.5 Å². The van der Waals surface area contributed by atoms with Gasteiger partial charge in [0.05, 0.1) is 13.2 Å². The lowest BCUT2D eigenvalue weighted by molar-refractivity contribution is 0.00819. The topological polar surface area (TPSA) is 79.6 Å². The zero-order valence-corrected chi connectivity index (χ0v) is 23.0. The van der Waals surface area contributed by atoms with Gasteiger partial charge in [0.25, 0.3) is 0 Å². The third kappa shape index (κ3) is 7.78. The van der Waals surface area contributed by atoms with Gasteiger partial charge in [-0.1, -0.05) is 38.5 Å². The summed E-state index contributed by atoms with van der Waals surface area (Å²) in [5.41, 5.74) is 0.325. The summed E-state index contributed by atoms with van der Waals surface area (Å²) in [6.07, 6.45) is 13.1. The van der Waals surface area contributed by atoms with Crippen LogP contribution in [-0.2, 0) is 18.3 Å². The minimum Gasteiger partial charge on any atom is -0.379 e. The third-order valence-corrected chi connectivity index (χ3v) is 7.72. The van der Waals surface area contributed by atoms with E-state index in [1.54, 1.807) is 0 Å². The van der Waals surface area contributed by atoms with Crippen molar-refractivity contribution < 1.29 is 4.74 Å². The molecule has 0 amide bonds. The van der Waals surface area contributed by atoms with Gasteiger partial charge in [0.15, 0.2) is 11.8 Å². The Kier molecular flexibility index (Phi) is 10.7. The zero-order valence-electron chi connectivity index (χ0n) is 20.7. The van der Waals surface area contributed by atoms with Crippen molar-refractivity contribution in [1.82, 2.24) is 30.3 Å². The molecular weight excluding hydrogens is 529 g/mol. The van der Waals surface area contributed by atoms with E-state index in [2.05, 4.69) is 25.7 Å². The van der Waals surface area contributed by atoms with Crippen LogP contribution in [0.5, 0.6) is 0 Å². The Hall–Kier alpha value is -0.940. The van der Waals surface area contributed by atoms with Crippen molar-refractivity contribution in [3.63, 3.8) is 0 Å². The molecule has 1 saturated heterocycles. The van der Waals surface area contributed by atoms with Gasteiger partial charge in [-0.25, -0.2) is 4.99 Å². The van der Waals surface area contributed by atoms with E-state index in [4.69, 9.17) is 9.73 Å². The Labute approximate surface area is 216 Å². The van der Waals surface area contributed by atoms with Gasteiger partial charge in [-0.2, -0.15) is 0 Å². The Morgan fingerprint density at radius 1 is 1.06 bits per heavy atom. The van der Waals surface area contributed by atoms with Crippen LogP contribution >= 0.6 is 24.0 Å². The second-order valence-electron chi connectivity index (χ2n) is 10.2. The molecule has 0 bridgehead atoms. The first-order chi connectivity index (χ1) is 15.6. The molecule has 33 heavy (non-hydrogen) atoms. The van der Waals surface area contributed by atoms with E-state index in [0.29, 0.717) is 18.0 Å². The molecule has 2 saturated carbocycles. The molecule has 3 fully saturated rings. The normalized spacial score (nSPS) is 22.5. The maximum Gasteiger partial charge on any atom is 0.191 e. The molecule has 9 heteroatoms. The second kappa shape index (κ2) is 13.2. The van der Waals surface area contributed by atoms with Gasteiger partial charge in [-0.15, -0.1) is 34.2 Å². The van der Waals surface area contributed by atoms with Gasteiger partial charge in [0, 0.05) is 44.7 Å². The largest absolute Gasteiger partial charge is 0.379 e. The highest BCUT2D eigenvalue weighted by molar-refractivity contribution is 14.0. The van der Waals surface area contributed by atoms with Gasteiger partial charge in [-0.3, -0.25) is 4.90 Å². The van der Waals surface area contributed by atoms with Gasteiger partial charge in [-0.05, 0) is 32.6 Å². The number of guanidine groups is 1. The van der Waals surface area contributed by atoms with E-state index in [9.17, 15) is 0 Å². The molecule has 0 unspecified atom stereocenters. The molecule has 0 aromatic carbocycles. The molecule has 3 aliphatic rings. The number of aryl methyl sites for hydroxylation is 1. The summed E-state index contributed by atoms with van der Waals surface area (Å²) >= 11 is 0. The van der Waals surface area contributed by atoms with Gasteiger partial charge < -0.3 is 19.9 Å². The van der Waals surface area contributed by atoms with E-state index in [1.165, 1.54) is 70.8 Å². The van der Waals surface area contributed by atoms with Crippen molar-refractivity contribution in [2.45, 2.75) is 83.7 Å². The highest BCUT2D eigenvalue weighted by Crippen LogP contribution is 2.36. The van der Waals surface area contributed by atoms with Crippen LogP contribution in [0.3, 0.4) is 0 Å². The van der Waals surface area contributed by atoms with E-state index in [0.717, 1.165) is 50.5 Å². The average molecular weight is 574 g/mol. The number of aliphatic imine (C=N–C) groups is 1. The number of hydrogen-bond acceptors (Lipinski definition) is 5. The number of ether oxygens (including phenoxy) is 1. The summed E-state index contributed by atoms with van der Waals surface area (Å²) in [6.45, 7) is 8.56. The summed E-state index contributed by atoms with van der Waals surface area (Å²) in [4.78, 5) is 7.58. The Bertz CT molecular complexity index is 735. The molecule has 188 valence electrons. The van der Waals surface area contributed by atoms with Crippen LogP contribution in [-0.4, -0.2) is 71.1 Å². The molecule has 0 spiro atoms. The summed E-state index contributed by atoms with van der Waals surface area (Å²) in [7, 11) is 2.02. The number of nitrogens with one attached hydrogen (secondary N) is 2. The third-order valence-electron chi connectivity index (χ3n) is 7.72. The first kappa shape index (κ1) is 26.7. The first-order valence-corrected chi connectivity index (χ1v) is 12.8. The molecule has 0 atom stereocenters. The lowest BCUT2D eigenvalue weighted by atomic mass is 9.73. The van der Waals surface area contributed by atoms with Crippen LogP contribution in [0.2, 0.25) is 0 Å². The maximum atomic E-state index is 5.59. The quantitative estimate of drug-likeness (QED) is 0.296. The highest BCUT2D eigenvalue weighted by atomic mass is 127. The van der Waals surface area contributed by atoms with Crippen LogP contribution in [0.1, 0.15) is 75.9 Å². The molecule has 2 N–H and O–H groups in total. The summed E-state index contributed by atoms with van der Waals surface area (Å²) in [5.74, 6) is 2.79. The minimum absolute atomic E-state index is 0. The lowest BCUT2D eigenvalue weighted by Crippen LogP contribution is -2.52. The number of aromatic nitrogens is 3. The molecule has 2 heterocycles. The molecule has 8 nitrogen and oxygen atoms in total. The standard InChI is InChI=1S/C24H43N7O.HI/c1-20-28-29-22(30(20)2)17-25-23(27-21-9-5-3-6-10-21)26-18-24(11-7-4-8-12-24)19-31-13-15-32-16-14-31;/h21H,3-19H2,1-2H3,(H2,25,26,27);1H. The van der Waals surface area contributed by atoms with Gasteiger partial charge >= 0.3 is 0 Å². The molecule has 2 aliphatic carbocycles. The molecule has 1 aliphatic heterocycles. The summed E-state index contributed by atoms with van der Waals surface area (Å²) in [5, 5.41) is 16.0. The van der Waals surface area contributed by atoms with Crippen LogP contribution in [0.4, 0.5) is 0 Å². The molecule has 0 radical (unpaired) electrons. The van der Waals surface area contributed by atoms with E-state index in [1.807, 2.05) is 18.5 Å². The first-order valence-electron chi connectivity index (χ1n) is 12.8. The smallest absolute Gasteiger partial charge is 0.191 e. The summed E-state index contributed by atoms with van der Waals surface area (Å²) in [6, 6.07) is 0.526. The van der Waals surface area contributed by atoms with Crippen molar-refractivity contribution in [3.05, 3.63) is 11.6 Å². The van der Waals surface area contributed by atoms with Crippen molar-refractivity contribution in [2.75, 3.05) is 39.4 Å². The van der Waals surface area contributed by atoms with Gasteiger partial charge in [0.1, 0.15) is 12.4 Å². The van der Waals surface area contributed by atoms with Crippen LogP contribution < -0.4 is 10.6 Å². The van der Waals surface area contributed by atoms with E-state index in [-0.39, 0.29) is 24.0 Å². The van der Waals surface area contributed by atoms with Crippen LogP contribution in [0, 0.1) is 12.3 Å². The van der Waals surface area contributed by atoms with Crippen molar-refractivity contribution in [3.8, 4) is 0 Å². The monoisotopic (exact) mass is 573 g/mol. The number of halogens is 1. The van der Waals surface area contributed by atoms with Crippen molar-refractivity contribution >= 4 is 29.9 Å². The SMILES string of the molecule is Cc1nnc(CN=C(NCC2(CN3CCOCC3)CCCCC2)NC2CCCCC2)n1C.I. The summed E-state index contributed by atoms with van der Waals surface area (Å²) < 4.78 is 7.62. The second-order valence-corrected chi connectivity index (χ2v) is 10.2. The molecule has 1 aromatic heterocycles. The fourth-order valence-corrected chi connectivity index (χ4v) is 5.53. The molecule has 4 rings (SSSR count). The minimum atomic E-state index is 0. The molecule has 1 aromatic rings.